The average Bonchev–Trinajstić information content (AvgIpc) is 2.80. The summed E-state index contributed by atoms with van der Waals surface area (Å²) in [6.07, 6.45) is 0. The summed E-state index contributed by atoms with van der Waals surface area (Å²) < 4.78 is 5.78. The quantitative estimate of drug-likeness (QED) is 0.769. The zero-order chi connectivity index (χ0) is 12.1. The Morgan fingerprint density at radius 1 is 1.35 bits per heavy atom. The molecule has 0 spiro atoms. The molecular weight excluding hydrogens is 214 g/mol. The molecule has 1 aromatic carbocycles. The summed E-state index contributed by atoms with van der Waals surface area (Å²) in [6.45, 7) is 7.34. The van der Waals surface area contributed by atoms with E-state index in [0.29, 0.717) is 6.61 Å². The minimum Gasteiger partial charge on any atom is -0.491 e. The first-order valence-electron chi connectivity index (χ1n) is 5.98. The fourth-order valence-corrected chi connectivity index (χ4v) is 1.87. The van der Waals surface area contributed by atoms with Gasteiger partial charge in [-0.2, -0.15) is 0 Å². The topological polar surface area (TPSA) is 45.6 Å². The van der Waals surface area contributed by atoms with Crippen LogP contribution in [0, 0.1) is 13.8 Å². The average molecular weight is 233 g/mol. The monoisotopic (exact) mass is 233 g/mol. The molecule has 0 aliphatic carbocycles. The maximum Gasteiger partial charge on any atom is 0.191 e. The maximum absolute atomic E-state index is 5.78. The highest BCUT2D eigenvalue weighted by atomic mass is 16.5. The van der Waals surface area contributed by atoms with Gasteiger partial charge in [0.25, 0.3) is 0 Å². The molecule has 92 valence electrons. The van der Waals surface area contributed by atoms with Crippen LogP contribution in [0.1, 0.15) is 11.1 Å². The third kappa shape index (κ3) is 3.12. The van der Waals surface area contributed by atoms with Gasteiger partial charge < -0.3 is 15.4 Å². The highest BCUT2D eigenvalue weighted by Gasteiger charge is 2.05. The molecule has 4 heteroatoms. The van der Waals surface area contributed by atoms with Crippen molar-refractivity contribution in [3.63, 3.8) is 0 Å². The van der Waals surface area contributed by atoms with Crippen LogP contribution in [-0.4, -0.2) is 32.2 Å². The largest absolute Gasteiger partial charge is 0.491 e. The molecule has 0 aromatic heterocycles. The van der Waals surface area contributed by atoms with Crippen LogP contribution in [0.15, 0.2) is 23.2 Å². The second kappa shape index (κ2) is 5.57. The van der Waals surface area contributed by atoms with Crippen LogP contribution in [0.4, 0.5) is 0 Å². The maximum atomic E-state index is 5.78. The van der Waals surface area contributed by atoms with Crippen molar-refractivity contribution in [1.82, 2.24) is 10.6 Å². The summed E-state index contributed by atoms with van der Waals surface area (Å²) in [5.41, 5.74) is 2.36. The fraction of sp³-hybridized carbons (Fsp3) is 0.462. The van der Waals surface area contributed by atoms with E-state index in [-0.39, 0.29) is 0 Å². The number of para-hydroxylation sites is 1. The Kier molecular flexibility index (Phi) is 3.85. The van der Waals surface area contributed by atoms with Crippen molar-refractivity contribution < 1.29 is 4.74 Å². The molecule has 0 saturated heterocycles. The number of guanidine groups is 1. The van der Waals surface area contributed by atoms with Crippen LogP contribution in [0.2, 0.25) is 0 Å². The lowest BCUT2D eigenvalue weighted by molar-refractivity contribution is 0.318. The van der Waals surface area contributed by atoms with Crippen molar-refractivity contribution in [2.45, 2.75) is 13.8 Å². The first kappa shape index (κ1) is 11.8. The van der Waals surface area contributed by atoms with Crippen LogP contribution in [0.3, 0.4) is 0 Å². The van der Waals surface area contributed by atoms with Crippen molar-refractivity contribution in [2.24, 2.45) is 4.99 Å². The van der Waals surface area contributed by atoms with E-state index in [9.17, 15) is 0 Å². The summed E-state index contributed by atoms with van der Waals surface area (Å²) >= 11 is 0. The van der Waals surface area contributed by atoms with Gasteiger partial charge in [-0.05, 0) is 25.0 Å². The molecule has 1 aromatic rings. The van der Waals surface area contributed by atoms with E-state index < -0.39 is 0 Å². The molecule has 0 fully saturated rings. The van der Waals surface area contributed by atoms with Gasteiger partial charge in [0, 0.05) is 6.54 Å². The fourth-order valence-electron chi connectivity index (χ4n) is 1.87. The molecule has 0 unspecified atom stereocenters. The van der Waals surface area contributed by atoms with Gasteiger partial charge in [-0.1, -0.05) is 18.2 Å². The standard InChI is InChI=1S/C13H19N3O/c1-10-4-3-5-11(2)12(10)17-9-8-16-13-14-6-7-15-13/h3-5H,6-9H2,1-2H3,(H2,14,15,16). The Bertz CT molecular complexity index is 395. The highest BCUT2D eigenvalue weighted by Crippen LogP contribution is 2.21. The Morgan fingerprint density at radius 2 is 2.12 bits per heavy atom. The molecule has 1 aliphatic heterocycles. The zero-order valence-electron chi connectivity index (χ0n) is 10.4. The van der Waals surface area contributed by atoms with Gasteiger partial charge in [0.2, 0.25) is 0 Å². The van der Waals surface area contributed by atoms with Crippen LogP contribution in [-0.2, 0) is 0 Å². The molecule has 0 saturated carbocycles. The predicted molar refractivity (Wildman–Crippen MR) is 69.7 cm³/mol. The molecule has 17 heavy (non-hydrogen) atoms. The van der Waals surface area contributed by atoms with Crippen molar-refractivity contribution >= 4 is 5.96 Å². The number of aryl methyl sites for hydroxylation is 2. The number of aliphatic imine (C=N–C) groups is 1. The third-order valence-electron chi connectivity index (χ3n) is 2.72. The molecule has 0 atom stereocenters. The summed E-state index contributed by atoms with van der Waals surface area (Å²) in [7, 11) is 0. The number of hydrogen-bond donors (Lipinski definition) is 2. The van der Waals surface area contributed by atoms with E-state index in [4.69, 9.17) is 4.74 Å². The molecule has 0 amide bonds. The lowest BCUT2D eigenvalue weighted by atomic mass is 10.1. The summed E-state index contributed by atoms with van der Waals surface area (Å²) in [5.74, 6) is 1.88. The number of nitrogens with one attached hydrogen (secondary N) is 2. The van der Waals surface area contributed by atoms with Gasteiger partial charge in [0.1, 0.15) is 12.4 Å². The van der Waals surface area contributed by atoms with Crippen molar-refractivity contribution in [3.8, 4) is 5.75 Å². The summed E-state index contributed by atoms with van der Waals surface area (Å²) in [5, 5.41) is 6.37. The smallest absolute Gasteiger partial charge is 0.191 e. The molecule has 2 N–H and O–H groups in total. The molecule has 1 aliphatic rings. The number of rotatable bonds is 4. The second-order valence-corrected chi connectivity index (χ2v) is 4.15. The normalized spacial score (nSPS) is 14.1. The molecule has 2 rings (SSSR count). The summed E-state index contributed by atoms with van der Waals surface area (Å²) in [4.78, 5) is 4.25. The molecule has 1 heterocycles. The van der Waals surface area contributed by atoms with E-state index in [1.807, 2.05) is 6.07 Å². The van der Waals surface area contributed by atoms with Gasteiger partial charge in [-0.15, -0.1) is 0 Å². The van der Waals surface area contributed by atoms with Crippen molar-refractivity contribution in [2.75, 3.05) is 26.2 Å². The van der Waals surface area contributed by atoms with Gasteiger partial charge in [-0.25, -0.2) is 0 Å². The minimum atomic E-state index is 0.645. The van der Waals surface area contributed by atoms with E-state index in [1.165, 1.54) is 11.1 Å². The minimum absolute atomic E-state index is 0.645. The zero-order valence-corrected chi connectivity index (χ0v) is 10.4. The molecule has 4 nitrogen and oxygen atoms in total. The van der Waals surface area contributed by atoms with Gasteiger partial charge in [0.05, 0.1) is 13.1 Å². The Hall–Kier alpha value is -1.71. The van der Waals surface area contributed by atoms with Crippen LogP contribution in [0.25, 0.3) is 0 Å². The first-order valence-corrected chi connectivity index (χ1v) is 5.98. The van der Waals surface area contributed by atoms with E-state index in [0.717, 1.165) is 31.3 Å². The Balaban J connectivity index is 1.78. The van der Waals surface area contributed by atoms with Crippen LogP contribution < -0.4 is 15.4 Å². The lowest BCUT2D eigenvalue weighted by Crippen LogP contribution is -2.36. The highest BCUT2D eigenvalue weighted by molar-refractivity contribution is 5.81. The third-order valence-corrected chi connectivity index (χ3v) is 2.72. The van der Waals surface area contributed by atoms with E-state index >= 15 is 0 Å². The number of benzene rings is 1. The van der Waals surface area contributed by atoms with E-state index in [2.05, 4.69) is 41.6 Å². The first-order chi connectivity index (χ1) is 8.27. The van der Waals surface area contributed by atoms with Crippen LogP contribution >= 0.6 is 0 Å². The van der Waals surface area contributed by atoms with Crippen molar-refractivity contribution in [3.05, 3.63) is 29.3 Å². The van der Waals surface area contributed by atoms with Crippen molar-refractivity contribution in [1.29, 1.82) is 0 Å². The molecule has 0 radical (unpaired) electrons. The van der Waals surface area contributed by atoms with E-state index in [1.54, 1.807) is 0 Å². The Morgan fingerprint density at radius 3 is 2.76 bits per heavy atom. The van der Waals surface area contributed by atoms with Gasteiger partial charge in [0.15, 0.2) is 5.96 Å². The molecule has 0 bridgehead atoms. The SMILES string of the molecule is Cc1cccc(C)c1OCCNC1=NCCN1. The number of nitrogens with zero attached hydrogens (tertiary/aromatic N) is 1. The summed E-state index contributed by atoms with van der Waals surface area (Å²) in [6, 6.07) is 6.18. The van der Waals surface area contributed by atoms with Gasteiger partial charge >= 0.3 is 0 Å². The van der Waals surface area contributed by atoms with Gasteiger partial charge in [-0.3, -0.25) is 4.99 Å². The number of ether oxygens (including phenoxy) is 1. The van der Waals surface area contributed by atoms with Crippen LogP contribution in [0.5, 0.6) is 5.75 Å². The lowest BCUT2D eigenvalue weighted by Gasteiger charge is -2.12. The second-order valence-electron chi connectivity index (χ2n) is 4.15. The number of hydrogen-bond acceptors (Lipinski definition) is 4. The predicted octanol–water partition coefficient (Wildman–Crippen LogP) is 1.23. The molecular formula is C13H19N3O. The Labute approximate surface area is 102 Å².